The molecule has 2 aromatic rings. The monoisotopic (exact) mass is 581 g/mol. The van der Waals surface area contributed by atoms with Crippen molar-refractivity contribution in [2.24, 2.45) is 0 Å². The number of rotatable bonds is 11. The van der Waals surface area contributed by atoms with Gasteiger partial charge in [-0.05, 0) is 57.0 Å². The molecule has 0 saturated heterocycles. The lowest BCUT2D eigenvalue weighted by Gasteiger charge is -2.32. The van der Waals surface area contributed by atoms with Crippen LogP contribution in [0.15, 0.2) is 46.9 Å². The molecule has 0 radical (unpaired) electrons. The fourth-order valence-corrected chi connectivity index (χ4v) is 4.91. The van der Waals surface area contributed by atoms with Crippen LogP contribution in [-0.2, 0) is 26.2 Å². The lowest BCUT2D eigenvalue weighted by molar-refractivity contribution is -0.139. The predicted molar refractivity (Wildman–Crippen MR) is 141 cm³/mol. The molecule has 1 aliphatic heterocycles. The van der Waals surface area contributed by atoms with Gasteiger partial charge < -0.3 is 19.7 Å². The fraction of sp³-hybridized carbons (Fsp3) is 0.440. The molecule has 3 rings (SSSR count). The molecule has 0 spiro atoms. The number of carbonyl (C=O) groups excluding carboxylic acids is 2. The van der Waals surface area contributed by atoms with Crippen molar-refractivity contribution >= 4 is 43.5 Å². The van der Waals surface area contributed by atoms with E-state index in [9.17, 15) is 18.0 Å². The van der Waals surface area contributed by atoms with Gasteiger partial charge in [-0.15, -0.1) is 0 Å². The molecule has 2 amide bonds. The molecule has 36 heavy (non-hydrogen) atoms. The third kappa shape index (κ3) is 6.70. The lowest BCUT2D eigenvalue weighted by atomic mass is 10.1. The van der Waals surface area contributed by atoms with Gasteiger partial charge in [-0.3, -0.25) is 13.9 Å². The Bertz CT molecular complexity index is 1190. The van der Waals surface area contributed by atoms with E-state index in [0.29, 0.717) is 11.5 Å². The maximum atomic E-state index is 13.7. The third-order valence-electron chi connectivity index (χ3n) is 6.06. The Balaban J connectivity index is 1.93. The molecule has 0 bridgehead atoms. The highest BCUT2D eigenvalue weighted by Gasteiger charge is 2.32. The largest absolute Gasteiger partial charge is 0.454 e. The number of amides is 2. The number of nitrogens with one attached hydrogen (secondary N) is 1. The second-order valence-corrected chi connectivity index (χ2v) is 11.7. The Morgan fingerprint density at radius 1 is 1.06 bits per heavy atom. The fourth-order valence-electron chi connectivity index (χ4n) is 3.59. The van der Waals surface area contributed by atoms with Crippen molar-refractivity contribution in [2.45, 2.75) is 52.7 Å². The lowest BCUT2D eigenvalue weighted by Crippen LogP contribution is -2.52. The molecular formula is C25H32BrN3O6S. The van der Waals surface area contributed by atoms with E-state index in [1.165, 1.54) is 11.8 Å². The first-order chi connectivity index (χ1) is 17.1. The van der Waals surface area contributed by atoms with Gasteiger partial charge in [-0.25, -0.2) is 8.42 Å². The van der Waals surface area contributed by atoms with E-state index in [4.69, 9.17) is 9.47 Å². The molecule has 9 nitrogen and oxygen atoms in total. The van der Waals surface area contributed by atoms with Crippen molar-refractivity contribution in [3.63, 3.8) is 0 Å². The molecule has 0 fully saturated rings. The second kappa shape index (κ2) is 12.0. The van der Waals surface area contributed by atoms with Gasteiger partial charge >= 0.3 is 0 Å². The van der Waals surface area contributed by atoms with Crippen LogP contribution in [0.3, 0.4) is 0 Å². The highest BCUT2D eigenvalue weighted by atomic mass is 79.9. The van der Waals surface area contributed by atoms with Gasteiger partial charge in [0.2, 0.25) is 28.6 Å². The molecule has 196 valence electrons. The molecule has 0 unspecified atom stereocenters. The van der Waals surface area contributed by atoms with E-state index < -0.39 is 28.5 Å². The van der Waals surface area contributed by atoms with Gasteiger partial charge in [0, 0.05) is 23.1 Å². The second-order valence-electron chi connectivity index (χ2n) is 8.59. The number of anilines is 1. The van der Waals surface area contributed by atoms with Crippen molar-refractivity contribution in [3.8, 4) is 11.5 Å². The van der Waals surface area contributed by atoms with E-state index in [1.807, 2.05) is 38.1 Å². The normalized spacial score (nSPS) is 14.1. The van der Waals surface area contributed by atoms with Gasteiger partial charge in [0.1, 0.15) is 12.6 Å². The van der Waals surface area contributed by atoms with E-state index >= 15 is 0 Å². The van der Waals surface area contributed by atoms with Crippen molar-refractivity contribution < 1.29 is 27.5 Å². The molecule has 2 atom stereocenters. The summed E-state index contributed by atoms with van der Waals surface area (Å²) in [5, 5.41) is 2.91. The topological polar surface area (TPSA) is 105 Å². The van der Waals surface area contributed by atoms with Crippen LogP contribution in [0.25, 0.3) is 0 Å². The van der Waals surface area contributed by atoms with Gasteiger partial charge in [-0.1, -0.05) is 35.0 Å². The van der Waals surface area contributed by atoms with Crippen LogP contribution in [-0.4, -0.2) is 56.3 Å². The molecule has 1 N–H and O–H groups in total. The zero-order chi connectivity index (χ0) is 26.5. The van der Waals surface area contributed by atoms with Crippen LogP contribution >= 0.6 is 15.9 Å². The number of hydrogen-bond donors (Lipinski definition) is 1. The van der Waals surface area contributed by atoms with Crippen LogP contribution in [0.5, 0.6) is 11.5 Å². The first-order valence-electron chi connectivity index (χ1n) is 11.8. The maximum Gasteiger partial charge on any atom is 0.244 e. The van der Waals surface area contributed by atoms with Crippen LogP contribution in [0.2, 0.25) is 0 Å². The summed E-state index contributed by atoms with van der Waals surface area (Å²) in [5.41, 5.74) is 1.09. The van der Waals surface area contributed by atoms with Crippen molar-refractivity contribution in [3.05, 3.63) is 52.5 Å². The highest BCUT2D eigenvalue weighted by molar-refractivity contribution is 9.10. The molecule has 1 heterocycles. The zero-order valence-corrected chi connectivity index (χ0v) is 23.3. The number of fused-ring (bicyclic) bond motifs is 1. The van der Waals surface area contributed by atoms with E-state index in [1.54, 1.807) is 25.1 Å². The number of hydrogen-bond acceptors (Lipinski definition) is 6. The SMILES string of the molecule is CC[C@H](C)NC(=O)[C@H](C)N(Cc1ccc(Br)cc1)C(=O)CN(c1ccc2c(c1)OCO2)S(=O)(=O)CC. The van der Waals surface area contributed by atoms with Gasteiger partial charge in [0.05, 0.1) is 11.4 Å². The van der Waals surface area contributed by atoms with Crippen molar-refractivity contribution in [1.29, 1.82) is 0 Å². The van der Waals surface area contributed by atoms with E-state index in [-0.39, 0.29) is 36.7 Å². The summed E-state index contributed by atoms with van der Waals surface area (Å²) in [6.07, 6.45) is 0.742. The van der Waals surface area contributed by atoms with Gasteiger partial charge in [-0.2, -0.15) is 0 Å². The molecule has 11 heteroatoms. The van der Waals surface area contributed by atoms with Crippen LogP contribution in [0, 0.1) is 0 Å². The molecule has 0 saturated carbocycles. The van der Waals surface area contributed by atoms with Gasteiger partial charge in [0.15, 0.2) is 11.5 Å². The first-order valence-corrected chi connectivity index (χ1v) is 14.2. The summed E-state index contributed by atoms with van der Waals surface area (Å²) in [6, 6.07) is 11.2. The average Bonchev–Trinajstić information content (AvgIpc) is 3.34. The Hall–Kier alpha value is -2.79. The maximum absolute atomic E-state index is 13.7. The van der Waals surface area contributed by atoms with Crippen LogP contribution in [0.4, 0.5) is 5.69 Å². The Morgan fingerprint density at radius 2 is 1.72 bits per heavy atom. The average molecular weight is 583 g/mol. The van der Waals surface area contributed by atoms with Crippen molar-refractivity contribution in [2.75, 3.05) is 23.4 Å². The molecule has 0 aromatic heterocycles. The quantitative estimate of drug-likeness (QED) is 0.434. The Labute approximate surface area is 220 Å². The number of carbonyl (C=O) groups is 2. The predicted octanol–water partition coefficient (Wildman–Crippen LogP) is 3.67. The minimum atomic E-state index is -3.82. The summed E-state index contributed by atoms with van der Waals surface area (Å²) in [5.74, 6) is -0.0940. The molecule has 0 aliphatic carbocycles. The number of nitrogens with zero attached hydrogens (tertiary/aromatic N) is 2. The highest BCUT2D eigenvalue weighted by Crippen LogP contribution is 2.36. The van der Waals surface area contributed by atoms with Crippen LogP contribution < -0.4 is 19.1 Å². The summed E-state index contributed by atoms with van der Waals surface area (Å²) in [6.45, 7) is 6.73. The summed E-state index contributed by atoms with van der Waals surface area (Å²) in [4.78, 5) is 28.0. The molecule has 2 aromatic carbocycles. The zero-order valence-electron chi connectivity index (χ0n) is 20.9. The van der Waals surface area contributed by atoms with E-state index in [0.717, 1.165) is 20.8 Å². The Kier molecular flexibility index (Phi) is 9.24. The van der Waals surface area contributed by atoms with Crippen molar-refractivity contribution in [1.82, 2.24) is 10.2 Å². The minimum absolute atomic E-state index is 0.0437. The number of ether oxygens (including phenoxy) is 2. The molecular weight excluding hydrogens is 550 g/mol. The standard InChI is InChI=1S/C25H32BrN3O6S/c1-5-17(3)27-25(31)18(4)28(14-19-7-9-20(26)10-8-19)24(30)15-29(36(32,33)6-2)21-11-12-22-23(13-21)35-16-34-22/h7-13,17-18H,5-6,14-16H2,1-4H3,(H,27,31)/t17-,18-/m0/s1. The van der Waals surface area contributed by atoms with Crippen LogP contribution in [0.1, 0.15) is 39.7 Å². The van der Waals surface area contributed by atoms with Gasteiger partial charge in [0.25, 0.3) is 0 Å². The summed E-state index contributed by atoms with van der Waals surface area (Å²) in [7, 11) is -3.82. The minimum Gasteiger partial charge on any atom is -0.454 e. The Morgan fingerprint density at radius 3 is 2.36 bits per heavy atom. The summed E-state index contributed by atoms with van der Waals surface area (Å²) >= 11 is 3.40. The molecule has 1 aliphatic rings. The number of sulfonamides is 1. The third-order valence-corrected chi connectivity index (χ3v) is 8.33. The first kappa shape index (κ1) is 27.8. The summed E-state index contributed by atoms with van der Waals surface area (Å²) < 4.78 is 38.7. The smallest absolute Gasteiger partial charge is 0.244 e. The van der Waals surface area contributed by atoms with E-state index in [2.05, 4.69) is 21.2 Å². The number of halogens is 1. The number of benzene rings is 2.